The Morgan fingerprint density at radius 2 is 2.14 bits per heavy atom. The number of amides is 2. The molecule has 1 heterocycles. The molecule has 2 N–H and O–H groups in total. The fraction of sp³-hybridized carbons (Fsp3) is 0.429. The second-order valence-corrected chi connectivity index (χ2v) is 5.93. The van der Waals surface area contributed by atoms with E-state index in [1.807, 2.05) is 0 Å². The van der Waals surface area contributed by atoms with Crippen LogP contribution in [0.25, 0.3) is 0 Å². The third kappa shape index (κ3) is 3.47. The van der Waals surface area contributed by atoms with Crippen molar-refractivity contribution in [2.24, 2.45) is 11.8 Å². The molecule has 114 valence electrons. The van der Waals surface area contributed by atoms with Gasteiger partial charge in [-0.3, -0.25) is 4.79 Å². The topological polar surface area (TPSA) is 78.9 Å². The van der Waals surface area contributed by atoms with Crippen LogP contribution in [0.5, 0.6) is 5.75 Å². The van der Waals surface area contributed by atoms with E-state index in [-0.39, 0.29) is 11.9 Å². The number of nitrogens with zero attached hydrogens (tertiary/aromatic N) is 1. The number of carbonyl (C=O) groups excluding carboxylic acids is 1. The van der Waals surface area contributed by atoms with E-state index in [9.17, 15) is 9.59 Å². The van der Waals surface area contributed by atoms with Gasteiger partial charge in [-0.1, -0.05) is 6.92 Å². The lowest BCUT2D eigenvalue weighted by atomic mass is 9.87. The van der Waals surface area contributed by atoms with Gasteiger partial charge in [0.2, 0.25) is 0 Å². The van der Waals surface area contributed by atoms with Crippen LogP contribution in [-0.2, 0) is 4.79 Å². The Balaban J connectivity index is 1.90. The van der Waals surface area contributed by atoms with Crippen LogP contribution in [0.15, 0.2) is 22.7 Å². The SMILES string of the molecule is COc1cc(NC(=O)N2CC(C(C)C(=O)O)C2)ccc1Br. The van der Waals surface area contributed by atoms with Crippen molar-refractivity contribution in [2.45, 2.75) is 6.92 Å². The number of anilines is 1. The first-order chi connectivity index (χ1) is 9.92. The fourth-order valence-corrected chi connectivity index (χ4v) is 2.54. The van der Waals surface area contributed by atoms with Gasteiger partial charge in [0.1, 0.15) is 5.75 Å². The molecule has 1 atom stereocenters. The summed E-state index contributed by atoms with van der Waals surface area (Å²) in [5.74, 6) is -0.596. The molecule has 0 saturated carbocycles. The van der Waals surface area contributed by atoms with Crippen LogP contribution in [0.4, 0.5) is 10.5 Å². The third-order valence-corrected chi connectivity index (χ3v) is 4.35. The number of carboxylic acids is 1. The van der Waals surface area contributed by atoms with Crippen LogP contribution >= 0.6 is 15.9 Å². The molecule has 2 rings (SSSR count). The van der Waals surface area contributed by atoms with E-state index in [0.717, 1.165) is 4.47 Å². The van der Waals surface area contributed by atoms with Crippen LogP contribution in [0.1, 0.15) is 6.92 Å². The maximum atomic E-state index is 12.0. The molecule has 1 aliphatic heterocycles. The van der Waals surface area contributed by atoms with Crippen molar-refractivity contribution in [1.29, 1.82) is 0 Å². The molecule has 21 heavy (non-hydrogen) atoms. The molecule has 0 aromatic heterocycles. The Morgan fingerprint density at radius 1 is 1.48 bits per heavy atom. The smallest absolute Gasteiger partial charge is 0.321 e. The number of carbonyl (C=O) groups is 2. The Morgan fingerprint density at radius 3 is 2.71 bits per heavy atom. The highest BCUT2D eigenvalue weighted by atomic mass is 79.9. The van der Waals surface area contributed by atoms with E-state index in [2.05, 4.69) is 21.2 Å². The van der Waals surface area contributed by atoms with Crippen molar-refractivity contribution < 1.29 is 19.4 Å². The van der Waals surface area contributed by atoms with Gasteiger partial charge in [-0.05, 0) is 28.1 Å². The number of methoxy groups -OCH3 is 1. The van der Waals surface area contributed by atoms with E-state index in [1.165, 1.54) is 0 Å². The number of hydrogen-bond donors (Lipinski definition) is 2. The zero-order valence-corrected chi connectivity index (χ0v) is 13.4. The summed E-state index contributed by atoms with van der Waals surface area (Å²) >= 11 is 3.34. The molecular formula is C14H17BrN2O4. The van der Waals surface area contributed by atoms with E-state index in [1.54, 1.807) is 37.1 Å². The second-order valence-electron chi connectivity index (χ2n) is 5.07. The minimum Gasteiger partial charge on any atom is -0.495 e. The first kappa shape index (κ1) is 15.6. The van der Waals surface area contributed by atoms with Gasteiger partial charge in [0.05, 0.1) is 17.5 Å². The Bertz CT molecular complexity index is 558. The highest BCUT2D eigenvalue weighted by molar-refractivity contribution is 9.10. The molecule has 0 radical (unpaired) electrons. The zero-order valence-electron chi connectivity index (χ0n) is 11.8. The monoisotopic (exact) mass is 356 g/mol. The molecule has 1 aromatic carbocycles. The molecule has 7 heteroatoms. The number of carboxylic acid groups (broad SMARTS) is 1. The molecule has 1 unspecified atom stereocenters. The van der Waals surface area contributed by atoms with Gasteiger partial charge < -0.3 is 20.1 Å². The lowest BCUT2D eigenvalue weighted by molar-refractivity contribution is -0.144. The average Bonchev–Trinajstić information content (AvgIpc) is 2.39. The highest BCUT2D eigenvalue weighted by Crippen LogP contribution is 2.29. The molecule has 2 amide bonds. The van der Waals surface area contributed by atoms with Gasteiger partial charge in [0.15, 0.2) is 0 Å². The predicted octanol–water partition coefficient (Wildman–Crippen LogP) is 2.64. The molecule has 0 bridgehead atoms. The summed E-state index contributed by atoms with van der Waals surface area (Å²) in [4.78, 5) is 24.5. The number of hydrogen-bond acceptors (Lipinski definition) is 3. The van der Waals surface area contributed by atoms with Gasteiger partial charge in [0, 0.05) is 30.8 Å². The van der Waals surface area contributed by atoms with Gasteiger partial charge in [0.25, 0.3) is 0 Å². The summed E-state index contributed by atoms with van der Waals surface area (Å²) < 4.78 is 5.97. The van der Waals surface area contributed by atoms with Crippen LogP contribution in [0, 0.1) is 11.8 Å². The minimum atomic E-state index is -0.822. The average molecular weight is 357 g/mol. The maximum Gasteiger partial charge on any atom is 0.321 e. The number of likely N-dealkylation sites (tertiary alicyclic amines) is 1. The third-order valence-electron chi connectivity index (χ3n) is 3.70. The number of aliphatic carboxylic acids is 1. The molecule has 1 aliphatic rings. The summed E-state index contributed by atoms with van der Waals surface area (Å²) in [6.45, 7) is 2.60. The van der Waals surface area contributed by atoms with Crippen molar-refractivity contribution in [3.63, 3.8) is 0 Å². The van der Waals surface area contributed by atoms with E-state index < -0.39 is 11.9 Å². The Labute approximate surface area is 131 Å². The predicted molar refractivity (Wildman–Crippen MR) is 81.6 cm³/mol. The molecule has 0 aliphatic carbocycles. The number of halogens is 1. The van der Waals surface area contributed by atoms with Crippen molar-refractivity contribution in [1.82, 2.24) is 4.90 Å². The van der Waals surface area contributed by atoms with Crippen LogP contribution in [0.3, 0.4) is 0 Å². The molecule has 1 aromatic rings. The second kappa shape index (κ2) is 6.34. The van der Waals surface area contributed by atoms with Gasteiger partial charge >= 0.3 is 12.0 Å². The van der Waals surface area contributed by atoms with Crippen LogP contribution < -0.4 is 10.1 Å². The van der Waals surface area contributed by atoms with Gasteiger partial charge in [-0.2, -0.15) is 0 Å². The number of urea groups is 1. The largest absolute Gasteiger partial charge is 0.495 e. The van der Waals surface area contributed by atoms with Gasteiger partial charge in [-0.25, -0.2) is 4.79 Å². The lowest BCUT2D eigenvalue weighted by Gasteiger charge is -2.41. The van der Waals surface area contributed by atoms with Crippen LogP contribution in [-0.4, -0.2) is 42.2 Å². The van der Waals surface area contributed by atoms with E-state index >= 15 is 0 Å². The normalized spacial score (nSPS) is 16.0. The highest BCUT2D eigenvalue weighted by Gasteiger charge is 2.37. The molecule has 0 spiro atoms. The molecule has 1 fully saturated rings. The van der Waals surface area contributed by atoms with Crippen LogP contribution in [0.2, 0.25) is 0 Å². The lowest BCUT2D eigenvalue weighted by Crippen LogP contribution is -2.54. The van der Waals surface area contributed by atoms with Crippen molar-refractivity contribution in [2.75, 3.05) is 25.5 Å². The first-order valence-electron chi connectivity index (χ1n) is 6.54. The standard InChI is InChI=1S/C14H17BrN2O4/c1-8(13(18)19)9-6-17(7-9)14(20)16-10-3-4-11(15)12(5-10)21-2/h3-5,8-9H,6-7H2,1-2H3,(H,16,20)(H,18,19). The molecular weight excluding hydrogens is 340 g/mol. The molecule has 6 nitrogen and oxygen atoms in total. The number of ether oxygens (including phenoxy) is 1. The number of rotatable bonds is 4. The minimum absolute atomic E-state index is 0.0210. The summed E-state index contributed by atoms with van der Waals surface area (Å²) in [5, 5.41) is 11.7. The maximum absolute atomic E-state index is 12.0. The van der Waals surface area contributed by atoms with Crippen molar-refractivity contribution >= 4 is 33.6 Å². The number of benzene rings is 1. The summed E-state index contributed by atoms with van der Waals surface area (Å²) in [7, 11) is 1.55. The zero-order chi connectivity index (χ0) is 15.6. The van der Waals surface area contributed by atoms with E-state index in [4.69, 9.17) is 9.84 Å². The Kier molecular flexibility index (Phi) is 4.72. The summed E-state index contributed by atoms with van der Waals surface area (Å²) in [5.41, 5.74) is 0.634. The first-order valence-corrected chi connectivity index (χ1v) is 7.34. The van der Waals surface area contributed by atoms with Crippen molar-refractivity contribution in [3.05, 3.63) is 22.7 Å². The van der Waals surface area contributed by atoms with E-state index in [0.29, 0.717) is 24.5 Å². The summed E-state index contributed by atoms with van der Waals surface area (Å²) in [6, 6.07) is 5.05. The van der Waals surface area contributed by atoms with Gasteiger partial charge in [-0.15, -0.1) is 0 Å². The quantitative estimate of drug-likeness (QED) is 0.868. The molecule has 1 saturated heterocycles. The van der Waals surface area contributed by atoms with Crippen molar-refractivity contribution in [3.8, 4) is 5.75 Å². The summed E-state index contributed by atoms with van der Waals surface area (Å²) in [6.07, 6.45) is 0. The number of nitrogens with one attached hydrogen (secondary N) is 1. The fourth-order valence-electron chi connectivity index (χ4n) is 2.14. The Hall–Kier alpha value is -1.76.